The van der Waals surface area contributed by atoms with E-state index >= 15 is 0 Å². The monoisotopic (exact) mass is 462 g/mol. The van der Waals surface area contributed by atoms with Crippen molar-refractivity contribution in [2.75, 3.05) is 33.1 Å². The number of para-hydroxylation sites is 1. The number of hydrogen-bond acceptors (Lipinski definition) is 7. The van der Waals surface area contributed by atoms with Crippen LogP contribution in [0.15, 0.2) is 30.3 Å². The molecular formula is C19H22N6O4S2. The number of aromatic nitrogens is 3. The summed E-state index contributed by atoms with van der Waals surface area (Å²) < 4.78 is 32.7. The zero-order valence-electron chi connectivity index (χ0n) is 17.2. The van der Waals surface area contributed by atoms with Crippen LogP contribution in [0.5, 0.6) is 5.75 Å². The first-order valence-corrected chi connectivity index (χ1v) is 11.7. The molecule has 0 spiro atoms. The number of anilines is 1. The van der Waals surface area contributed by atoms with E-state index in [0.717, 1.165) is 16.1 Å². The highest BCUT2D eigenvalue weighted by molar-refractivity contribution is 7.86. The van der Waals surface area contributed by atoms with Gasteiger partial charge in [-0.1, -0.05) is 12.1 Å². The summed E-state index contributed by atoms with van der Waals surface area (Å²) in [5.74, 6) is 0.281. The van der Waals surface area contributed by atoms with Gasteiger partial charge in [-0.05, 0) is 18.2 Å². The number of nitrogens with one attached hydrogen (secondary N) is 2. The van der Waals surface area contributed by atoms with Crippen LogP contribution in [0.25, 0.3) is 11.3 Å². The summed E-state index contributed by atoms with van der Waals surface area (Å²) >= 11 is 1.28. The molecule has 10 nitrogen and oxygen atoms in total. The van der Waals surface area contributed by atoms with Gasteiger partial charge in [0.15, 0.2) is 5.13 Å². The van der Waals surface area contributed by atoms with Crippen molar-refractivity contribution in [2.45, 2.75) is 13.0 Å². The lowest BCUT2D eigenvalue weighted by Gasteiger charge is -2.27. The van der Waals surface area contributed by atoms with Crippen molar-refractivity contribution in [2.24, 2.45) is 0 Å². The van der Waals surface area contributed by atoms with Crippen LogP contribution in [0.1, 0.15) is 21.1 Å². The van der Waals surface area contributed by atoms with Crippen molar-refractivity contribution in [3.8, 4) is 17.0 Å². The molecule has 0 aliphatic carbocycles. The van der Waals surface area contributed by atoms with Crippen molar-refractivity contribution < 1.29 is 17.9 Å². The number of carbonyl (C=O) groups excluding carboxylic acids is 1. The molecule has 2 N–H and O–H groups in total. The van der Waals surface area contributed by atoms with E-state index in [2.05, 4.69) is 20.5 Å². The standard InChI is InChI=1S/C19H22N6O4S2/c1-24(2)31(27,28)25-9-8-13-17(11-25)30-19(20-13)21-18(26)15-10-14(22-23-15)12-6-4-5-7-16(12)29-3/h4-7,10H,8-9,11H2,1-3H3,(H,22,23)(H,20,21,26). The first kappa shape index (κ1) is 21.4. The van der Waals surface area contributed by atoms with Gasteiger partial charge in [-0.15, -0.1) is 11.3 Å². The Kier molecular flexibility index (Phi) is 5.79. The van der Waals surface area contributed by atoms with E-state index in [9.17, 15) is 13.2 Å². The Bertz CT molecular complexity index is 1220. The molecule has 1 aliphatic heterocycles. The first-order valence-electron chi connectivity index (χ1n) is 9.46. The number of ether oxygens (including phenoxy) is 1. The normalized spacial score (nSPS) is 14.5. The van der Waals surface area contributed by atoms with Crippen LogP contribution in [-0.4, -0.2) is 65.9 Å². The molecule has 0 unspecified atom stereocenters. The number of hydrogen-bond donors (Lipinski definition) is 2. The number of carbonyl (C=O) groups is 1. The number of methoxy groups -OCH3 is 1. The Morgan fingerprint density at radius 1 is 1.32 bits per heavy atom. The topological polar surface area (TPSA) is 121 Å². The molecule has 0 fully saturated rings. The van der Waals surface area contributed by atoms with E-state index in [4.69, 9.17) is 4.74 Å². The lowest BCUT2D eigenvalue weighted by atomic mass is 10.1. The number of amides is 1. The summed E-state index contributed by atoms with van der Waals surface area (Å²) in [5.41, 5.74) is 2.45. The van der Waals surface area contributed by atoms with Gasteiger partial charge in [-0.3, -0.25) is 15.2 Å². The van der Waals surface area contributed by atoms with Gasteiger partial charge in [0.2, 0.25) is 0 Å². The number of H-pyrrole nitrogens is 1. The van der Waals surface area contributed by atoms with Crippen molar-refractivity contribution in [3.63, 3.8) is 0 Å². The van der Waals surface area contributed by atoms with Gasteiger partial charge in [-0.25, -0.2) is 4.98 Å². The average Bonchev–Trinajstić information content (AvgIpc) is 3.39. The molecule has 3 aromatic rings. The van der Waals surface area contributed by atoms with Crippen LogP contribution in [0, 0.1) is 0 Å². The zero-order valence-corrected chi connectivity index (χ0v) is 18.9. The first-order chi connectivity index (χ1) is 14.8. The third-order valence-electron chi connectivity index (χ3n) is 4.91. The number of rotatable bonds is 6. The maximum atomic E-state index is 12.7. The van der Waals surface area contributed by atoms with Gasteiger partial charge in [0.1, 0.15) is 11.4 Å². The largest absolute Gasteiger partial charge is 0.496 e. The third-order valence-corrected chi connectivity index (χ3v) is 7.79. The Balaban J connectivity index is 1.49. The Hall–Kier alpha value is -2.80. The fraction of sp³-hybridized carbons (Fsp3) is 0.316. The van der Waals surface area contributed by atoms with Crippen molar-refractivity contribution >= 4 is 32.6 Å². The molecule has 4 rings (SSSR count). The summed E-state index contributed by atoms with van der Waals surface area (Å²) in [7, 11) is 1.10. The van der Waals surface area contributed by atoms with Gasteiger partial charge in [0.05, 0.1) is 25.0 Å². The SMILES string of the molecule is COc1ccccc1-c1cc(C(=O)Nc2nc3c(s2)CN(S(=O)(=O)N(C)C)CC3)[nH]n1. The summed E-state index contributed by atoms with van der Waals surface area (Å²) in [6.45, 7) is 0.596. The molecule has 2 aromatic heterocycles. The predicted octanol–water partition coefficient (Wildman–Crippen LogP) is 1.96. The molecule has 0 bridgehead atoms. The number of nitrogens with zero attached hydrogens (tertiary/aromatic N) is 4. The highest BCUT2D eigenvalue weighted by atomic mass is 32.2. The molecule has 0 radical (unpaired) electrons. The predicted molar refractivity (Wildman–Crippen MR) is 117 cm³/mol. The van der Waals surface area contributed by atoms with Crippen LogP contribution < -0.4 is 10.1 Å². The number of fused-ring (bicyclic) bond motifs is 1. The number of benzene rings is 1. The molecular weight excluding hydrogens is 440 g/mol. The summed E-state index contributed by atoms with van der Waals surface area (Å²) in [4.78, 5) is 18.0. The molecule has 1 aliphatic rings. The molecule has 1 amide bonds. The lowest BCUT2D eigenvalue weighted by Crippen LogP contribution is -2.42. The molecule has 0 saturated carbocycles. The Morgan fingerprint density at radius 2 is 2.10 bits per heavy atom. The van der Waals surface area contributed by atoms with Crippen LogP contribution >= 0.6 is 11.3 Å². The summed E-state index contributed by atoms with van der Waals surface area (Å²) in [6, 6.07) is 9.05. The van der Waals surface area contributed by atoms with E-state index in [0.29, 0.717) is 29.5 Å². The van der Waals surface area contributed by atoms with Gasteiger partial charge in [0, 0.05) is 37.5 Å². The number of thiazole rings is 1. The summed E-state index contributed by atoms with van der Waals surface area (Å²) in [5, 5.41) is 10.2. The van der Waals surface area contributed by atoms with Gasteiger partial charge in [0.25, 0.3) is 16.1 Å². The molecule has 0 atom stereocenters. The van der Waals surface area contributed by atoms with Gasteiger partial charge in [-0.2, -0.15) is 22.1 Å². The molecule has 1 aromatic carbocycles. The van der Waals surface area contributed by atoms with E-state index in [1.807, 2.05) is 24.3 Å². The molecule has 3 heterocycles. The second-order valence-electron chi connectivity index (χ2n) is 7.08. The van der Waals surface area contributed by atoms with Crippen molar-refractivity contribution in [1.82, 2.24) is 23.8 Å². The second-order valence-corrected chi connectivity index (χ2v) is 10.3. The fourth-order valence-electron chi connectivity index (χ4n) is 3.25. The highest BCUT2D eigenvalue weighted by Gasteiger charge is 2.30. The maximum Gasteiger partial charge on any atom is 0.281 e. The van der Waals surface area contributed by atoms with E-state index in [-0.39, 0.29) is 18.1 Å². The van der Waals surface area contributed by atoms with Crippen molar-refractivity contribution in [3.05, 3.63) is 46.6 Å². The van der Waals surface area contributed by atoms with Gasteiger partial charge < -0.3 is 4.74 Å². The zero-order chi connectivity index (χ0) is 22.2. The quantitative estimate of drug-likeness (QED) is 0.578. The van der Waals surface area contributed by atoms with Crippen LogP contribution in [-0.2, 0) is 23.2 Å². The lowest BCUT2D eigenvalue weighted by molar-refractivity contribution is 0.102. The van der Waals surface area contributed by atoms with Crippen LogP contribution in [0.2, 0.25) is 0 Å². The van der Waals surface area contributed by atoms with Crippen LogP contribution in [0.3, 0.4) is 0 Å². The maximum absolute atomic E-state index is 12.7. The molecule has 164 valence electrons. The van der Waals surface area contributed by atoms with Crippen LogP contribution in [0.4, 0.5) is 5.13 Å². The molecule has 0 saturated heterocycles. The van der Waals surface area contributed by atoms with Crippen molar-refractivity contribution in [1.29, 1.82) is 0 Å². The van der Waals surface area contributed by atoms with E-state index in [1.54, 1.807) is 13.2 Å². The minimum atomic E-state index is -3.49. The van der Waals surface area contributed by atoms with Gasteiger partial charge >= 0.3 is 0 Å². The molecule has 12 heteroatoms. The minimum Gasteiger partial charge on any atom is -0.496 e. The molecule has 31 heavy (non-hydrogen) atoms. The average molecular weight is 463 g/mol. The third kappa shape index (κ3) is 4.19. The Morgan fingerprint density at radius 3 is 2.84 bits per heavy atom. The van der Waals surface area contributed by atoms with E-state index in [1.165, 1.54) is 34.0 Å². The second kappa shape index (κ2) is 8.38. The summed E-state index contributed by atoms with van der Waals surface area (Å²) in [6.07, 6.45) is 0.497. The Labute approximate surface area is 184 Å². The highest BCUT2D eigenvalue weighted by Crippen LogP contribution is 2.31. The smallest absolute Gasteiger partial charge is 0.281 e. The fourth-order valence-corrected chi connectivity index (χ4v) is 5.43. The van der Waals surface area contributed by atoms with E-state index < -0.39 is 10.2 Å². The minimum absolute atomic E-state index is 0.241. The number of aromatic amines is 1.